The first-order valence-electron chi connectivity index (χ1n) is 10.2. The Labute approximate surface area is 193 Å². The molecule has 3 aromatic carbocycles. The van der Waals surface area contributed by atoms with Crippen LogP contribution in [-0.4, -0.2) is 31.0 Å². The number of nitrogens with zero attached hydrogens (tertiary/aromatic N) is 3. The topological polar surface area (TPSA) is 43.9 Å². The van der Waals surface area contributed by atoms with Gasteiger partial charge in [0.25, 0.3) is 11.8 Å². The van der Waals surface area contributed by atoms with E-state index in [4.69, 9.17) is 12.2 Å². The quantitative estimate of drug-likeness (QED) is 0.331. The van der Waals surface area contributed by atoms with E-state index >= 15 is 0 Å². The summed E-state index contributed by atoms with van der Waals surface area (Å²) in [7, 11) is 3.92. The zero-order valence-corrected chi connectivity index (χ0v) is 19.0. The fourth-order valence-corrected chi connectivity index (χ4v) is 3.97. The van der Waals surface area contributed by atoms with Crippen molar-refractivity contribution in [3.8, 4) is 0 Å². The molecule has 5 nitrogen and oxygen atoms in total. The molecule has 0 aliphatic carbocycles. The number of hydrogen-bond donors (Lipinski definition) is 0. The Kier molecular flexibility index (Phi) is 5.88. The highest BCUT2D eigenvalue weighted by molar-refractivity contribution is 7.81. The Hall–Kier alpha value is -3.77. The fourth-order valence-electron chi connectivity index (χ4n) is 3.60. The van der Waals surface area contributed by atoms with Crippen LogP contribution in [-0.2, 0) is 9.59 Å². The second-order valence-electron chi connectivity index (χ2n) is 7.73. The molecule has 0 bridgehead atoms. The number of benzene rings is 3. The van der Waals surface area contributed by atoms with E-state index in [2.05, 4.69) is 0 Å². The van der Waals surface area contributed by atoms with Crippen LogP contribution in [0.3, 0.4) is 0 Å². The predicted octanol–water partition coefficient (Wildman–Crippen LogP) is 4.81. The van der Waals surface area contributed by atoms with Crippen LogP contribution in [0.2, 0.25) is 0 Å². The summed E-state index contributed by atoms with van der Waals surface area (Å²) in [6, 6.07) is 24.3. The number of para-hydroxylation sites is 2. The number of carbonyl (C=O) groups is 2. The van der Waals surface area contributed by atoms with Gasteiger partial charge in [-0.05, 0) is 66.7 Å². The van der Waals surface area contributed by atoms with Crippen LogP contribution in [0.5, 0.6) is 0 Å². The smallest absolute Gasteiger partial charge is 0.270 e. The van der Waals surface area contributed by atoms with Crippen LogP contribution in [0.1, 0.15) is 11.1 Å². The van der Waals surface area contributed by atoms with Gasteiger partial charge in [-0.15, -0.1) is 0 Å². The van der Waals surface area contributed by atoms with Gasteiger partial charge >= 0.3 is 0 Å². The van der Waals surface area contributed by atoms with E-state index < -0.39 is 11.8 Å². The molecular weight excluding hydrogens is 418 g/mol. The molecular formula is C26H23N3O2S. The van der Waals surface area contributed by atoms with E-state index in [9.17, 15) is 9.59 Å². The molecule has 0 unspecified atom stereocenters. The lowest BCUT2D eigenvalue weighted by molar-refractivity contribution is -0.120. The van der Waals surface area contributed by atoms with Crippen molar-refractivity contribution in [3.63, 3.8) is 0 Å². The van der Waals surface area contributed by atoms with Gasteiger partial charge < -0.3 is 4.90 Å². The summed E-state index contributed by atoms with van der Waals surface area (Å²) in [6.45, 7) is 1.91. The molecule has 32 heavy (non-hydrogen) atoms. The highest BCUT2D eigenvalue weighted by Crippen LogP contribution is 2.31. The lowest BCUT2D eigenvalue weighted by atomic mass is 10.0. The minimum Gasteiger partial charge on any atom is -0.378 e. The molecule has 0 saturated carbocycles. The Morgan fingerprint density at radius 3 is 2.00 bits per heavy atom. The third kappa shape index (κ3) is 3.92. The molecule has 0 N–H and O–H groups in total. The first-order valence-corrected chi connectivity index (χ1v) is 10.6. The van der Waals surface area contributed by atoms with Crippen LogP contribution in [0.4, 0.5) is 17.1 Å². The molecule has 2 amide bonds. The minimum atomic E-state index is -0.437. The molecule has 0 atom stereocenters. The van der Waals surface area contributed by atoms with Crippen LogP contribution >= 0.6 is 12.2 Å². The zero-order valence-electron chi connectivity index (χ0n) is 18.1. The first-order chi connectivity index (χ1) is 15.4. The molecule has 1 aliphatic rings. The molecule has 160 valence electrons. The lowest BCUT2D eigenvalue weighted by Gasteiger charge is -2.37. The number of thiocarbonyl (C=S) groups is 1. The Bertz CT molecular complexity index is 1220. The monoisotopic (exact) mass is 441 g/mol. The lowest BCUT2D eigenvalue weighted by Crippen LogP contribution is -2.57. The maximum absolute atomic E-state index is 13.6. The molecule has 1 heterocycles. The number of hydrogen-bond acceptors (Lipinski definition) is 4. The molecule has 3 aromatic rings. The van der Waals surface area contributed by atoms with Crippen molar-refractivity contribution < 1.29 is 9.59 Å². The van der Waals surface area contributed by atoms with Crippen molar-refractivity contribution in [2.45, 2.75) is 6.92 Å². The summed E-state index contributed by atoms with van der Waals surface area (Å²) in [5.41, 5.74) is 4.01. The van der Waals surface area contributed by atoms with Crippen LogP contribution in [0.15, 0.2) is 84.4 Å². The predicted molar refractivity (Wildman–Crippen MR) is 134 cm³/mol. The van der Waals surface area contributed by atoms with Gasteiger partial charge in [0.05, 0.1) is 11.4 Å². The van der Waals surface area contributed by atoms with Crippen molar-refractivity contribution in [1.82, 2.24) is 0 Å². The van der Waals surface area contributed by atoms with Crippen molar-refractivity contribution in [3.05, 3.63) is 95.6 Å². The van der Waals surface area contributed by atoms with Gasteiger partial charge in [-0.2, -0.15) is 0 Å². The van der Waals surface area contributed by atoms with Crippen molar-refractivity contribution in [2.24, 2.45) is 0 Å². The second kappa shape index (κ2) is 8.77. The van der Waals surface area contributed by atoms with Gasteiger partial charge in [0.15, 0.2) is 5.11 Å². The third-order valence-electron chi connectivity index (χ3n) is 5.34. The highest BCUT2D eigenvalue weighted by atomic mass is 32.1. The molecule has 1 saturated heterocycles. The molecule has 1 fully saturated rings. The van der Waals surface area contributed by atoms with Gasteiger partial charge in [-0.3, -0.25) is 19.4 Å². The minimum absolute atomic E-state index is 0.0586. The van der Waals surface area contributed by atoms with E-state index in [0.717, 1.165) is 16.8 Å². The summed E-state index contributed by atoms with van der Waals surface area (Å²) in [6.07, 6.45) is 1.63. The first kappa shape index (κ1) is 21.5. The number of anilines is 3. The average Bonchev–Trinajstić information content (AvgIpc) is 2.79. The third-order valence-corrected chi connectivity index (χ3v) is 5.71. The van der Waals surface area contributed by atoms with Crippen LogP contribution in [0.25, 0.3) is 6.08 Å². The van der Waals surface area contributed by atoms with Gasteiger partial charge in [0, 0.05) is 19.8 Å². The Balaban J connectivity index is 1.85. The summed E-state index contributed by atoms with van der Waals surface area (Å²) >= 11 is 5.67. The number of amides is 2. The van der Waals surface area contributed by atoms with Gasteiger partial charge in [0.2, 0.25) is 0 Å². The normalized spacial score (nSPS) is 15.5. The molecule has 4 rings (SSSR count). The Morgan fingerprint density at radius 1 is 0.781 bits per heavy atom. The molecule has 0 radical (unpaired) electrons. The van der Waals surface area contributed by atoms with E-state index in [0.29, 0.717) is 11.4 Å². The average molecular weight is 442 g/mol. The van der Waals surface area contributed by atoms with Crippen molar-refractivity contribution in [2.75, 3.05) is 28.8 Å². The van der Waals surface area contributed by atoms with Gasteiger partial charge in [-0.25, -0.2) is 0 Å². The molecule has 0 spiro atoms. The van der Waals surface area contributed by atoms with Crippen LogP contribution in [0, 0.1) is 6.92 Å². The van der Waals surface area contributed by atoms with Crippen molar-refractivity contribution >= 4 is 52.3 Å². The Morgan fingerprint density at radius 2 is 1.38 bits per heavy atom. The van der Waals surface area contributed by atoms with E-state index in [1.165, 1.54) is 9.80 Å². The highest BCUT2D eigenvalue weighted by Gasteiger charge is 2.41. The van der Waals surface area contributed by atoms with Gasteiger partial charge in [0.1, 0.15) is 5.57 Å². The number of carbonyl (C=O) groups excluding carboxylic acids is 2. The summed E-state index contributed by atoms with van der Waals surface area (Å²) in [5, 5.41) is 0.139. The fraction of sp³-hybridized carbons (Fsp3) is 0.115. The van der Waals surface area contributed by atoms with E-state index in [-0.39, 0.29) is 10.7 Å². The summed E-state index contributed by atoms with van der Waals surface area (Å²) in [5.74, 6) is -0.870. The largest absolute Gasteiger partial charge is 0.378 e. The SMILES string of the molecule is Cc1ccccc1N1C(=O)/C(=C\c2ccc(N(C)C)cc2)C(=O)N(c2ccccc2)C1=S. The van der Waals surface area contributed by atoms with E-state index in [1.54, 1.807) is 18.2 Å². The number of aryl methyl sites for hydroxylation is 1. The molecule has 1 aliphatic heterocycles. The molecule has 6 heteroatoms. The standard InChI is InChI=1S/C26H23N3O2S/c1-18-9-7-8-12-23(18)29-25(31)22(17-19-13-15-20(16-14-19)27(2)3)24(30)28(26(29)32)21-10-5-4-6-11-21/h4-17H,1-3H3/b22-17-. The summed E-state index contributed by atoms with van der Waals surface area (Å²) < 4.78 is 0. The van der Waals surface area contributed by atoms with Crippen LogP contribution < -0.4 is 14.7 Å². The molecule has 0 aromatic heterocycles. The van der Waals surface area contributed by atoms with E-state index in [1.807, 2.05) is 92.6 Å². The maximum atomic E-state index is 13.6. The maximum Gasteiger partial charge on any atom is 0.270 e. The number of rotatable bonds is 4. The zero-order chi connectivity index (χ0) is 22.8. The van der Waals surface area contributed by atoms with Crippen molar-refractivity contribution in [1.29, 1.82) is 0 Å². The summed E-state index contributed by atoms with van der Waals surface area (Å²) in [4.78, 5) is 31.9. The second-order valence-corrected chi connectivity index (χ2v) is 8.09. The van der Waals surface area contributed by atoms with Gasteiger partial charge in [-0.1, -0.05) is 48.5 Å².